The highest BCUT2D eigenvalue weighted by Gasteiger charge is 2.35. The molecule has 0 amide bonds. The van der Waals surface area contributed by atoms with Crippen LogP contribution in [0.1, 0.15) is 48.4 Å². The molecule has 2 fully saturated rings. The van der Waals surface area contributed by atoms with Crippen LogP contribution in [0.3, 0.4) is 0 Å². The zero-order valence-electron chi connectivity index (χ0n) is 26.7. The van der Waals surface area contributed by atoms with Gasteiger partial charge in [0.2, 0.25) is 0 Å². The van der Waals surface area contributed by atoms with Gasteiger partial charge in [0.25, 0.3) is 0 Å². The maximum Gasteiger partial charge on any atom is 0.309 e. The first-order chi connectivity index (χ1) is 21.9. The van der Waals surface area contributed by atoms with Gasteiger partial charge in [-0.15, -0.1) is 0 Å². The summed E-state index contributed by atoms with van der Waals surface area (Å²) in [4.78, 5) is 21.5. The number of carbonyl (C=O) groups is 1. The third-order valence-corrected chi connectivity index (χ3v) is 9.44. The molecule has 9 nitrogen and oxygen atoms in total. The number of nitrogens with zero attached hydrogens (tertiary/aromatic N) is 3. The molecule has 1 aromatic heterocycles. The summed E-state index contributed by atoms with van der Waals surface area (Å²) in [5, 5.41) is 9.68. The monoisotopic (exact) mass is 615 g/mol. The van der Waals surface area contributed by atoms with Crippen molar-refractivity contribution in [1.29, 1.82) is 0 Å². The van der Waals surface area contributed by atoms with Crippen molar-refractivity contribution in [3.05, 3.63) is 70.8 Å². The number of ether oxygens (including phenoxy) is 4. The van der Waals surface area contributed by atoms with Crippen LogP contribution in [-0.4, -0.2) is 79.7 Å². The van der Waals surface area contributed by atoms with Crippen LogP contribution in [0.25, 0.3) is 11.3 Å². The lowest BCUT2D eigenvalue weighted by atomic mass is 9.93. The van der Waals surface area contributed by atoms with Crippen LogP contribution in [0.5, 0.6) is 11.5 Å². The summed E-state index contributed by atoms with van der Waals surface area (Å²) in [6.45, 7) is 9.63. The van der Waals surface area contributed by atoms with Gasteiger partial charge in [0.15, 0.2) is 0 Å². The molecule has 1 N–H and O–H groups in total. The number of carboxylic acid groups (broad SMARTS) is 1. The number of rotatable bonds is 10. The Kier molecular flexibility index (Phi) is 9.88. The van der Waals surface area contributed by atoms with Crippen molar-refractivity contribution < 1.29 is 28.8 Å². The Labute approximate surface area is 266 Å². The van der Waals surface area contributed by atoms with Crippen LogP contribution in [0.4, 0.5) is 5.82 Å². The summed E-state index contributed by atoms with van der Waals surface area (Å²) in [7, 11) is 1.76. The normalized spacial score (nSPS) is 20.9. The number of benzene rings is 2. The molecular formula is C36H45N3O6. The molecule has 45 heavy (non-hydrogen) atoms. The molecule has 3 aliphatic rings. The molecule has 0 bridgehead atoms. The lowest BCUT2D eigenvalue weighted by Gasteiger charge is -2.38. The number of hydrogen-bond donors (Lipinski definition) is 1. The Morgan fingerprint density at radius 3 is 2.69 bits per heavy atom. The van der Waals surface area contributed by atoms with Crippen molar-refractivity contribution in [3.8, 4) is 22.8 Å². The van der Waals surface area contributed by atoms with E-state index in [4.69, 9.17) is 23.9 Å². The molecule has 0 radical (unpaired) electrons. The smallest absolute Gasteiger partial charge is 0.309 e. The molecule has 0 aliphatic carbocycles. The first-order valence-corrected chi connectivity index (χ1v) is 16.2. The number of hydrogen-bond acceptors (Lipinski definition) is 8. The van der Waals surface area contributed by atoms with E-state index in [1.165, 1.54) is 11.1 Å². The van der Waals surface area contributed by atoms with Crippen LogP contribution >= 0.6 is 0 Å². The van der Waals surface area contributed by atoms with Crippen molar-refractivity contribution >= 4 is 11.8 Å². The van der Waals surface area contributed by atoms with Crippen molar-refractivity contribution in [2.75, 3.05) is 51.5 Å². The first kappa shape index (κ1) is 31.3. The van der Waals surface area contributed by atoms with Crippen molar-refractivity contribution in [2.24, 2.45) is 5.92 Å². The average molecular weight is 616 g/mol. The third-order valence-electron chi connectivity index (χ3n) is 9.44. The quantitative estimate of drug-likeness (QED) is 0.318. The number of pyridine rings is 1. The van der Waals surface area contributed by atoms with Crippen molar-refractivity contribution in [1.82, 2.24) is 9.88 Å². The summed E-state index contributed by atoms with van der Waals surface area (Å²) in [5.41, 5.74) is 6.57. The van der Waals surface area contributed by atoms with Gasteiger partial charge in [0, 0.05) is 63.2 Å². The molecule has 6 rings (SSSR count). The number of fused-ring (bicyclic) bond motifs is 1. The van der Waals surface area contributed by atoms with Crippen LogP contribution in [0, 0.1) is 12.8 Å². The molecule has 4 heterocycles. The Bertz CT molecular complexity index is 1470. The lowest BCUT2D eigenvalue weighted by Crippen LogP contribution is -2.48. The van der Waals surface area contributed by atoms with E-state index >= 15 is 0 Å². The van der Waals surface area contributed by atoms with E-state index in [-0.39, 0.29) is 6.10 Å². The zero-order chi connectivity index (χ0) is 31.3. The van der Waals surface area contributed by atoms with Crippen LogP contribution in [0.15, 0.2) is 48.5 Å². The van der Waals surface area contributed by atoms with Crippen LogP contribution in [-0.2, 0) is 33.8 Å². The van der Waals surface area contributed by atoms with E-state index in [0.717, 1.165) is 85.3 Å². The summed E-state index contributed by atoms with van der Waals surface area (Å²) >= 11 is 0. The third kappa shape index (κ3) is 7.11. The molecule has 0 spiro atoms. The minimum Gasteiger partial charge on any atom is -0.496 e. The summed E-state index contributed by atoms with van der Waals surface area (Å²) in [5.74, 6) is 1.20. The lowest BCUT2D eigenvalue weighted by molar-refractivity contribution is -0.148. The van der Waals surface area contributed by atoms with E-state index in [9.17, 15) is 9.90 Å². The number of carboxylic acids is 1. The van der Waals surface area contributed by atoms with Crippen LogP contribution < -0.4 is 14.4 Å². The molecule has 3 aliphatic heterocycles. The van der Waals surface area contributed by atoms with Gasteiger partial charge in [0.1, 0.15) is 23.9 Å². The fraction of sp³-hybridized carbons (Fsp3) is 0.500. The SMILES string of the molecule is CCO[C@@H]1CN(c2cccc(-c3cc(C)ccc3OCc3cc4c(c(OC)c3)CN(C3CCOCC3)CC4)n2)CC[C@@H]1C(=O)O. The Morgan fingerprint density at radius 1 is 1.07 bits per heavy atom. The van der Waals surface area contributed by atoms with Gasteiger partial charge in [-0.3, -0.25) is 9.69 Å². The molecule has 0 unspecified atom stereocenters. The zero-order valence-corrected chi connectivity index (χ0v) is 26.7. The summed E-state index contributed by atoms with van der Waals surface area (Å²) < 4.78 is 23.8. The van der Waals surface area contributed by atoms with Gasteiger partial charge in [-0.25, -0.2) is 4.98 Å². The van der Waals surface area contributed by atoms with Crippen molar-refractivity contribution in [2.45, 2.75) is 64.8 Å². The van der Waals surface area contributed by atoms with E-state index in [0.29, 0.717) is 38.8 Å². The number of piperidine rings is 1. The van der Waals surface area contributed by atoms with E-state index < -0.39 is 11.9 Å². The maximum absolute atomic E-state index is 11.8. The molecule has 9 heteroatoms. The highest BCUT2D eigenvalue weighted by atomic mass is 16.5. The minimum atomic E-state index is -0.801. The number of methoxy groups -OCH3 is 1. The Hall–Kier alpha value is -3.66. The predicted molar refractivity (Wildman–Crippen MR) is 173 cm³/mol. The minimum absolute atomic E-state index is 0.372. The van der Waals surface area contributed by atoms with Gasteiger partial charge in [-0.1, -0.05) is 23.8 Å². The fourth-order valence-electron chi connectivity index (χ4n) is 7.01. The molecule has 240 valence electrons. The van der Waals surface area contributed by atoms with Gasteiger partial charge >= 0.3 is 5.97 Å². The first-order valence-electron chi connectivity index (χ1n) is 16.2. The fourth-order valence-corrected chi connectivity index (χ4v) is 7.01. The highest BCUT2D eigenvalue weighted by Crippen LogP contribution is 2.35. The van der Waals surface area contributed by atoms with Crippen LogP contribution in [0.2, 0.25) is 0 Å². The van der Waals surface area contributed by atoms with E-state index in [2.05, 4.69) is 41.0 Å². The number of aromatic nitrogens is 1. The standard InChI is InChI=1S/C36H45N3O6/c1-4-44-34-22-39(15-11-28(34)36(40)41)35-7-5-6-31(37-35)29-18-24(2)8-9-32(29)45-23-25-19-26-10-14-38(27-12-16-43-17-13-27)21-30(26)33(20-25)42-3/h5-9,18-20,27-28,34H,4,10-17,21-23H2,1-3H3,(H,40,41)/t28-,34+/m0/s1. The number of anilines is 1. The van der Waals surface area contributed by atoms with Crippen molar-refractivity contribution in [3.63, 3.8) is 0 Å². The summed E-state index contributed by atoms with van der Waals surface area (Å²) in [6.07, 6.45) is 3.33. The molecule has 0 saturated carbocycles. The van der Waals surface area contributed by atoms with E-state index in [1.807, 2.05) is 31.2 Å². The topological polar surface area (TPSA) is 93.6 Å². The number of aliphatic carboxylic acids is 1. The average Bonchev–Trinajstić information content (AvgIpc) is 3.07. The van der Waals surface area contributed by atoms with Gasteiger partial charge in [-0.2, -0.15) is 0 Å². The Morgan fingerprint density at radius 2 is 1.91 bits per heavy atom. The van der Waals surface area contributed by atoms with E-state index in [1.54, 1.807) is 7.11 Å². The highest BCUT2D eigenvalue weighted by molar-refractivity contribution is 5.72. The van der Waals surface area contributed by atoms with Gasteiger partial charge in [0.05, 0.1) is 24.8 Å². The molecule has 3 aromatic rings. The maximum atomic E-state index is 11.8. The largest absolute Gasteiger partial charge is 0.496 e. The molecule has 2 atom stereocenters. The molecule has 2 saturated heterocycles. The molecular weight excluding hydrogens is 570 g/mol. The second kappa shape index (κ2) is 14.2. The number of aryl methyl sites for hydroxylation is 1. The second-order valence-electron chi connectivity index (χ2n) is 12.3. The van der Waals surface area contributed by atoms with Gasteiger partial charge < -0.3 is 29.0 Å². The predicted octanol–water partition coefficient (Wildman–Crippen LogP) is 5.50. The molecule has 2 aromatic carbocycles. The Balaban J connectivity index is 1.19. The van der Waals surface area contributed by atoms with Gasteiger partial charge in [-0.05, 0) is 81.0 Å². The second-order valence-corrected chi connectivity index (χ2v) is 12.3. The summed E-state index contributed by atoms with van der Waals surface area (Å²) in [6, 6.07) is 17.1.